The molecule has 0 unspecified atom stereocenters. The summed E-state index contributed by atoms with van der Waals surface area (Å²) >= 11 is 0. The van der Waals surface area contributed by atoms with E-state index in [1.165, 1.54) is 0 Å². The van der Waals surface area contributed by atoms with Crippen molar-refractivity contribution < 1.29 is 20.4 Å². The number of aromatic hydroxyl groups is 4. The van der Waals surface area contributed by atoms with E-state index < -0.39 is 0 Å². The molecule has 4 heteroatoms. The quantitative estimate of drug-likeness (QED) is 0.319. The van der Waals surface area contributed by atoms with Crippen LogP contribution < -0.4 is 0 Å². The molecule has 0 amide bonds. The first-order chi connectivity index (χ1) is 14.1. The summed E-state index contributed by atoms with van der Waals surface area (Å²) in [4.78, 5) is 0. The molecule has 0 aliphatic rings. The first kappa shape index (κ1) is 27.7. The summed E-state index contributed by atoms with van der Waals surface area (Å²) in [5.74, 6) is 1.04. The molecule has 0 aliphatic heterocycles. The first-order valence-electron chi connectivity index (χ1n) is 11.2. The van der Waals surface area contributed by atoms with Crippen molar-refractivity contribution >= 4 is 0 Å². The Morgan fingerprint density at radius 2 is 0.469 bits per heavy atom. The number of phenolic OH excluding ortho intramolecular Hbond substituents is 4. The van der Waals surface area contributed by atoms with Crippen LogP contribution in [0.15, 0.2) is 24.3 Å². The Labute approximate surface area is 195 Å². The van der Waals surface area contributed by atoms with Gasteiger partial charge in [-0.25, -0.2) is 0 Å². The van der Waals surface area contributed by atoms with Crippen molar-refractivity contribution in [3.05, 3.63) is 46.5 Å². The van der Waals surface area contributed by atoms with Crippen LogP contribution in [-0.4, -0.2) is 20.4 Å². The lowest BCUT2D eigenvalue weighted by atomic mass is 9.81. The van der Waals surface area contributed by atoms with Gasteiger partial charge < -0.3 is 20.4 Å². The van der Waals surface area contributed by atoms with Gasteiger partial charge >= 0.3 is 0 Å². The average Bonchev–Trinajstić information content (AvgIpc) is 2.55. The SMILES string of the molecule is CC(C)(C)c1cc(O)c(C(C)(C)C)cc1O.CC(C)(C)c1cc(O)c(C(C)(C)C)cc1O. The van der Waals surface area contributed by atoms with E-state index in [9.17, 15) is 20.4 Å². The molecule has 0 saturated carbocycles. The van der Waals surface area contributed by atoms with Crippen LogP contribution >= 0.6 is 0 Å². The smallest absolute Gasteiger partial charge is 0.119 e. The maximum Gasteiger partial charge on any atom is 0.119 e. The Bertz CT molecular complexity index is 785. The van der Waals surface area contributed by atoms with Crippen LogP contribution in [-0.2, 0) is 21.7 Å². The molecule has 0 spiro atoms. The Morgan fingerprint density at radius 3 is 0.562 bits per heavy atom. The molecule has 0 bridgehead atoms. The van der Waals surface area contributed by atoms with Crippen molar-refractivity contribution in [2.45, 2.75) is 105 Å². The topological polar surface area (TPSA) is 80.9 Å². The van der Waals surface area contributed by atoms with Gasteiger partial charge in [-0.1, -0.05) is 83.1 Å². The van der Waals surface area contributed by atoms with Crippen LogP contribution in [0.5, 0.6) is 23.0 Å². The highest BCUT2D eigenvalue weighted by molar-refractivity contribution is 5.51. The van der Waals surface area contributed by atoms with E-state index in [0.717, 1.165) is 22.3 Å². The van der Waals surface area contributed by atoms with Gasteiger partial charge in [0.1, 0.15) is 23.0 Å². The molecule has 4 nitrogen and oxygen atoms in total. The van der Waals surface area contributed by atoms with E-state index in [0.29, 0.717) is 0 Å². The van der Waals surface area contributed by atoms with Gasteiger partial charge in [-0.3, -0.25) is 0 Å². The number of rotatable bonds is 0. The van der Waals surface area contributed by atoms with Gasteiger partial charge in [0, 0.05) is 22.3 Å². The minimum atomic E-state index is -0.169. The molecule has 0 aromatic heterocycles. The maximum absolute atomic E-state index is 10.0. The standard InChI is InChI=1S/2C14H22O2/c2*1-13(2,3)9-7-12(16)10(8-11(9)15)14(4,5)6/h2*7-8,15-16H,1-6H3. The van der Waals surface area contributed by atoms with Gasteiger partial charge in [-0.15, -0.1) is 0 Å². The number of benzene rings is 2. The van der Waals surface area contributed by atoms with Gasteiger partial charge in [0.05, 0.1) is 0 Å². The Balaban J connectivity index is 0.000000320. The Morgan fingerprint density at radius 1 is 0.344 bits per heavy atom. The summed E-state index contributed by atoms with van der Waals surface area (Å²) < 4.78 is 0. The van der Waals surface area contributed by atoms with Gasteiger partial charge in [-0.05, 0) is 45.9 Å². The predicted octanol–water partition coefficient (Wildman–Crippen LogP) is 7.39. The molecule has 4 N–H and O–H groups in total. The zero-order chi connectivity index (χ0) is 25.4. The maximum atomic E-state index is 10.0. The van der Waals surface area contributed by atoms with E-state index in [1.54, 1.807) is 24.3 Å². The summed E-state index contributed by atoms with van der Waals surface area (Å²) in [5.41, 5.74) is 2.43. The summed E-state index contributed by atoms with van der Waals surface area (Å²) in [6.07, 6.45) is 0. The van der Waals surface area contributed by atoms with E-state index in [-0.39, 0.29) is 44.7 Å². The third-order valence-corrected chi connectivity index (χ3v) is 5.46. The molecule has 32 heavy (non-hydrogen) atoms. The van der Waals surface area contributed by atoms with Gasteiger partial charge in [0.2, 0.25) is 0 Å². The van der Waals surface area contributed by atoms with E-state index >= 15 is 0 Å². The van der Waals surface area contributed by atoms with Crippen LogP contribution in [0, 0.1) is 0 Å². The number of hydrogen-bond donors (Lipinski definition) is 4. The van der Waals surface area contributed by atoms with E-state index in [1.807, 2.05) is 83.1 Å². The van der Waals surface area contributed by atoms with Crippen LogP contribution in [0.2, 0.25) is 0 Å². The molecule has 0 aliphatic carbocycles. The summed E-state index contributed by atoms with van der Waals surface area (Å²) in [7, 11) is 0. The fourth-order valence-corrected chi connectivity index (χ4v) is 3.56. The van der Waals surface area contributed by atoms with Crippen LogP contribution in [0.3, 0.4) is 0 Å². The number of phenols is 4. The second-order valence-corrected chi connectivity index (χ2v) is 12.8. The minimum Gasteiger partial charge on any atom is -0.508 e. The van der Waals surface area contributed by atoms with E-state index in [2.05, 4.69) is 0 Å². The highest BCUT2D eigenvalue weighted by atomic mass is 16.3. The van der Waals surface area contributed by atoms with E-state index in [4.69, 9.17) is 0 Å². The predicted molar refractivity (Wildman–Crippen MR) is 134 cm³/mol. The van der Waals surface area contributed by atoms with Crippen molar-refractivity contribution in [3.8, 4) is 23.0 Å². The second kappa shape index (κ2) is 8.88. The molecule has 180 valence electrons. The van der Waals surface area contributed by atoms with Gasteiger partial charge in [0.15, 0.2) is 0 Å². The Kier molecular flexibility index (Phi) is 7.68. The molecule has 0 saturated heterocycles. The molecule has 2 aromatic carbocycles. The third kappa shape index (κ3) is 6.82. The molecule has 0 atom stereocenters. The van der Waals surface area contributed by atoms with Crippen molar-refractivity contribution in [3.63, 3.8) is 0 Å². The van der Waals surface area contributed by atoms with Gasteiger partial charge in [0.25, 0.3) is 0 Å². The summed E-state index contributed by atoms with van der Waals surface area (Å²) in [6.45, 7) is 24.1. The lowest BCUT2D eigenvalue weighted by Crippen LogP contribution is -2.15. The highest BCUT2D eigenvalue weighted by Gasteiger charge is 2.26. The zero-order valence-corrected chi connectivity index (χ0v) is 22.1. The van der Waals surface area contributed by atoms with Gasteiger partial charge in [-0.2, -0.15) is 0 Å². The average molecular weight is 445 g/mol. The molecule has 2 rings (SSSR count). The summed E-state index contributed by atoms with van der Waals surface area (Å²) in [6, 6.07) is 6.71. The normalized spacial score (nSPS) is 12.9. The van der Waals surface area contributed by atoms with Crippen LogP contribution in [0.1, 0.15) is 105 Å². The minimum absolute atomic E-state index is 0.169. The monoisotopic (exact) mass is 444 g/mol. The highest BCUT2D eigenvalue weighted by Crippen LogP contribution is 2.41. The number of hydrogen-bond acceptors (Lipinski definition) is 4. The lowest BCUT2D eigenvalue weighted by Gasteiger charge is -2.25. The fourth-order valence-electron chi connectivity index (χ4n) is 3.56. The van der Waals surface area contributed by atoms with Crippen molar-refractivity contribution in [1.82, 2.24) is 0 Å². The van der Waals surface area contributed by atoms with Crippen molar-refractivity contribution in [2.75, 3.05) is 0 Å². The molecule has 0 heterocycles. The van der Waals surface area contributed by atoms with Crippen LogP contribution in [0.25, 0.3) is 0 Å². The van der Waals surface area contributed by atoms with Crippen molar-refractivity contribution in [1.29, 1.82) is 0 Å². The van der Waals surface area contributed by atoms with Crippen molar-refractivity contribution in [2.24, 2.45) is 0 Å². The molecular weight excluding hydrogens is 400 g/mol. The lowest BCUT2D eigenvalue weighted by molar-refractivity contribution is 0.419. The van der Waals surface area contributed by atoms with Crippen LogP contribution in [0.4, 0.5) is 0 Å². The molecular formula is C28H44O4. The fraction of sp³-hybridized carbons (Fsp3) is 0.571. The summed E-state index contributed by atoms with van der Waals surface area (Å²) in [5, 5.41) is 40.0. The zero-order valence-electron chi connectivity index (χ0n) is 22.1. The molecule has 0 fully saturated rings. The molecule has 2 aromatic rings. The third-order valence-electron chi connectivity index (χ3n) is 5.46. The second-order valence-electron chi connectivity index (χ2n) is 12.8. The molecule has 0 radical (unpaired) electrons. The Hall–Kier alpha value is -2.36. The first-order valence-corrected chi connectivity index (χ1v) is 11.2. The largest absolute Gasteiger partial charge is 0.508 e.